The Morgan fingerprint density at radius 3 is 2.68 bits per heavy atom. The SMILES string of the molecule is CCc1cccc(Oc2cccc(N)c2[N+](=O)[O-])c1. The van der Waals surface area contributed by atoms with Gasteiger partial charge in [-0.15, -0.1) is 0 Å². The highest BCUT2D eigenvalue weighted by Gasteiger charge is 2.19. The molecule has 0 radical (unpaired) electrons. The average molecular weight is 258 g/mol. The lowest BCUT2D eigenvalue weighted by atomic mass is 10.2. The van der Waals surface area contributed by atoms with Gasteiger partial charge in [0.25, 0.3) is 0 Å². The van der Waals surface area contributed by atoms with E-state index in [1.54, 1.807) is 12.1 Å². The fourth-order valence-electron chi connectivity index (χ4n) is 1.77. The quantitative estimate of drug-likeness (QED) is 0.517. The minimum atomic E-state index is -0.533. The fraction of sp³-hybridized carbons (Fsp3) is 0.143. The van der Waals surface area contributed by atoms with E-state index in [-0.39, 0.29) is 17.1 Å². The van der Waals surface area contributed by atoms with E-state index in [1.807, 2.05) is 25.1 Å². The summed E-state index contributed by atoms with van der Waals surface area (Å²) in [6.07, 6.45) is 0.871. The average Bonchev–Trinajstić information content (AvgIpc) is 2.38. The maximum absolute atomic E-state index is 11.0. The summed E-state index contributed by atoms with van der Waals surface area (Å²) in [5, 5.41) is 11.0. The number of rotatable bonds is 4. The molecule has 0 saturated heterocycles. The van der Waals surface area contributed by atoms with Gasteiger partial charge in [-0.1, -0.05) is 25.1 Å². The highest BCUT2D eigenvalue weighted by atomic mass is 16.6. The van der Waals surface area contributed by atoms with Gasteiger partial charge in [0, 0.05) is 0 Å². The van der Waals surface area contributed by atoms with E-state index in [0.717, 1.165) is 12.0 Å². The molecular formula is C14H14N2O3. The monoisotopic (exact) mass is 258 g/mol. The predicted octanol–water partition coefficient (Wildman–Crippen LogP) is 3.53. The van der Waals surface area contributed by atoms with Gasteiger partial charge in [0.2, 0.25) is 5.75 Å². The molecule has 2 aromatic carbocycles. The van der Waals surface area contributed by atoms with Gasteiger partial charge in [0.1, 0.15) is 11.4 Å². The Morgan fingerprint density at radius 1 is 1.26 bits per heavy atom. The maximum Gasteiger partial charge on any atom is 0.334 e. The summed E-state index contributed by atoms with van der Waals surface area (Å²) in [4.78, 5) is 10.5. The lowest BCUT2D eigenvalue weighted by molar-refractivity contribution is -0.384. The second-order valence-corrected chi connectivity index (χ2v) is 4.05. The van der Waals surface area contributed by atoms with Crippen molar-refractivity contribution in [1.29, 1.82) is 0 Å². The van der Waals surface area contributed by atoms with E-state index in [1.165, 1.54) is 12.1 Å². The Bertz CT molecular complexity index is 611. The molecule has 0 unspecified atom stereocenters. The molecule has 0 aliphatic rings. The molecule has 2 N–H and O–H groups in total. The van der Waals surface area contributed by atoms with Crippen LogP contribution in [-0.4, -0.2) is 4.92 Å². The third-order valence-electron chi connectivity index (χ3n) is 2.75. The first-order valence-electron chi connectivity index (χ1n) is 5.91. The van der Waals surface area contributed by atoms with Crippen LogP contribution >= 0.6 is 0 Å². The molecule has 5 nitrogen and oxygen atoms in total. The molecule has 0 aromatic heterocycles. The molecule has 0 fully saturated rings. The Morgan fingerprint density at radius 2 is 2.00 bits per heavy atom. The predicted molar refractivity (Wildman–Crippen MR) is 73.4 cm³/mol. The molecule has 0 heterocycles. The van der Waals surface area contributed by atoms with Gasteiger partial charge >= 0.3 is 5.69 Å². The molecule has 0 bridgehead atoms. The van der Waals surface area contributed by atoms with E-state index in [9.17, 15) is 10.1 Å². The number of nitrogen functional groups attached to an aromatic ring is 1. The summed E-state index contributed by atoms with van der Waals surface area (Å²) >= 11 is 0. The standard InChI is InChI=1S/C14H14N2O3/c1-2-10-5-3-6-11(9-10)19-13-8-4-7-12(15)14(13)16(17)18/h3-9H,2,15H2,1H3. The molecule has 2 aromatic rings. The molecule has 0 saturated carbocycles. The minimum absolute atomic E-state index is 0.0918. The van der Waals surface area contributed by atoms with Gasteiger partial charge in [-0.3, -0.25) is 10.1 Å². The smallest absolute Gasteiger partial charge is 0.334 e. The third-order valence-corrected chi connectivity index (χ3v) is 2.75. The lowest BCUT2D eigenvalue weighted by Crippen LogP contribution is -1.98. The molecule has 19 heavy (non-hydrogen) atoms. The van der Waals surface area contributed by atoms with Gasteiger partial charge in [-0.25, -0.2) is 0 Å². The van der Waals surface area contributed by atoms with Crippen molar-refractivity contribution in [2.75, 3.05) is 5.73 Å². The van der Waals surface area contributed by atoms with Crippen molar-refractivity contribution in [3.8, 4) is 11.5 Å². The largest absolute Gasteiger partial charge is 0.450 e. The van der Waals surface area contributed by atoms with Crippen molar-refractivity contribution >= 4 is 11.4 Å². The molecule has 0 spiro atoms. The number of nitrogens with two attached hydrogens (primary N) is 1. The summed E-state index contributed by atoms with van der Waals surface area (Å²) in [6.45, 7) is 2.03. The maximum atomic E-state index is 11.0. The van der Waals surface area contributed by atoms with Crippen LogP contribution in [0.3, 0.4) is 0 Å². The number of anilines is 1. The second-order valence-electron chi connectivity index (χ2n) is 4.05. The van der Waals surface area contributed by atoms with Crippen LogP contribution in [0.25, 0.3) is 0 Å². The van der Waals surface area contributed by atoms with Crippen LogP contribution in [0.2, 0.25) is 0 Å². The van der Waals surface area contributed by atoms with E-state index < -0.39 is 4.92 Å². The molecule has 2 rings (SSSR count). The van der Waals surface area contributed by atoms with E-state index >= 15 is 0 Å². The molecule has 5 heteroatoms. The molecule has 0 amide bonds. The lowest BCUT2D eigenvalue weighted by Gasteiger charge is -2.08. The first-order chi connectivity index (χ1) is 9.11. The van der Waals surface area contributed by atoms with Crippen LogP contribution in [0.1, 0.15) is 12.5 Å². The van der Waals surface area contributed by atoms with Gasteiger partial charge < -0.3 is 10.5 Å². The number of nitro groups is 1. The van der Waals surface area contributed by atoms with E-state index in [0.29, 0.717) is 5.75 Å². The highest BCUT2D eigenvalue weighted by molar-refractivity contribution is 5.66. The molecule has 0 aliphatic carbocycles. The molecule has 98 valence electrons. The van der Waals surface area contributed by atoms with E-state index in [4.69, 9.17) is 10.5 Å². The van der Waals surface area contributed by atoms with Crippen LogP contribution < -0.4 is 10.5 Å². The van der Waals surface area contributed by atoms with Gasteiger partial charge in [-0.2, -0.15) is 0 Å². The van der Waals surface area contributed by atoms with Crippen molar-refractivity contribution in [2.24, 2.45) is 0 Å². The zero-order valence-electron chi connectivity index (χ0n) is 10.5. The first kappa shape index (κ1) is 12.9. The van der Waals surface area contributed by atoms with Crippen LogP contribution in [0, 0.1) is 10.1 Å². The normalized spacial score (nSPS) is 10.2. The zero-order valence-corrected chi connectivity index (χ0v) is 10.5. The first-order valence-corrected chi connectivity index (χ1v) is 5.91. The number of hydrogen-bond donors (Lipinski definition) is 1. The Balaban J connectivity index is 2.38. The van der Waals surface area contributed by atoms with Crippen molar-refractivity contribution in [1.82, 2.24) is 0 Å². The number of nitrogens with zero attached hydrogens (tertiary/aromatic N) is 1. The molecule has 0 aliphatic heterocycles. The summed E-state index contributed by atoms with van der Waals surface area (Å²) < 4.78 is 5.57. The van der Waals surface area contributed by atoms with Gasteiger partial charge in [-0.05, 0) is 36.2 Å². The van der Waals surface area contributed by atoms with Crippen molar-refractivity contribution < 1.29 is 9.66 Å². The number of ether oxygens (including phenoxy) is 1. The summed E-state index contributed by atoms with van der Waals surface area (Å²) in [7, 11) is 0. The topological polar surface area (TPSA) is 78.4 Å². The number of nitro benzene ring substituents is 1. The van der Waals surface area contributed by atoms with Crippen LogP contribution in [0.15, 0.2) is 42.5 Å². The highest BCUT2D eigenvalue weighted by Crippen LogP contribution is 2.35. The van der Waals surface area contributed by atoms with Gasteiger partial charge in [0.15, 0.2) is 0 Å². The Labute approximate surface area is 110 Å². The number of para-hydroxylation sites is 1. The minimum Gasteiger partial charge on any atom is -0.450 e. The summed E-state index contributed by atoms with van der Waals surface area (Å²) in [5.74, 6) is 0.714. The third kappa shape index (κ3) is 2.82. The van der Waals surface area contributed by atoms with Crippen molar-refractivity contribution in [2.45, 2.75) is 13.3 Å². The molecule has 0 atom stereocenters. The number of benzene rings is 2. The summed E-state index contributed by atoms with van der Waals surface area (Å²) in [5.41, 5.74) is 6.60. The second kappa shape index (κ2) is 5.39. The van der Waals surface area contributed by atoms with E-state index in [2.05, 4.69) is 0 Å². The number of aryl methyl sites for hydroxylation is 1. The van der Waals surface area contributed by atoms with Crippen LogP contribution in [-0.2, 0) is 6.42 Å². The van der Waals surface area contributed by atoms with Gasteiger partial charge in [0.05, 0.1) is 4.92 Å². The molecular weight excluding hydrogens is 244 g/mol. The van der Waals surface area contributed by atoms with Crippen molar-refractivity contribution in [3.05, 3.63) is 58.1 Å². The summed E-state index contributed by atoms with van der Waals surface area (Å²) in [6, 6.07) is 12.1. The van der Waals surface area contributed by atoms with Crippen LogP contribution in [0.5, 0.6) is 11.5 Å². The van der Waals surface area contributed by atoms with Crippen LogP contribution in [0.4, 0.5) is 11.4 Å². The number of hydrogen-bond acceptors (Lipinski definition) is 4. The fourth-order valence-corrected chi connectivity index (χ4v) is 1.77. The zero-order chi connectivity index (χ0) is 13.8. The van der Waals surface area contributed by atoms with Crippen molar-refractivity contribution in [3.63, 3.8) is 0 Å². The Kier molecular flexibility index (Phi) is 3.66. The Hall–Kier alpha value is -2.56.